The topological polar surface area (TPSA) is 297 Å². The Morgan fingerprint density at radius 1 is 0.951 bits per heavy atom. The number of guanidine groups is 1. The van der Waals surface area contributed by atoms with E-state index < -0.39 is 95.8 Å². The number of nitrogens with zero attached hydrogens (tertiary/aromatic N) is 2. The van der Waals surface area contributed by atoms with Gasteiger partial charge in [0.15, 0.2) is 5.96 Å². The molecule has 2 heterocycles. The first-order chi connectivity index (χ1) is 29.1. The molecule has 0 spiro atoms. The van der Waals surface area contributed by atoms with Crippen LogP contribution in [0, 0.1) is 5.92 Å². The molecule has 7 amide bonds. The fourth-order valence-electron chi connectivity index (χ4n) is 6.84. The summed E-state index contributed by atoms with van der Waals surface area (Å²) in [5.41, 5.74) is 11.9. The van der Waals surface area contributed by atoms with Crippen LogP contribution in [0.25, 0.3) is 0 Å². The van der Waals surface area contributed by atoms with E-state index in [9.17, 15) is 43.5 Å². The van der Waals surface area contributed by atoms with Gasteiger partial charge in [0.2, 0.25) is 35.3 Å². The lowest BCUT2D eigenvalue weighted by Crippen LogP contribution is -2.60. The number of aromatic hydroxyl groups is 1. The quantitative estimate of drug-likeness (QED) is 0.0543. The van der Waals surface area contributed by atoms with Crippen molar-refractivity contribution in [3.8, 4) is 5.75 Å². The predicted molar refractivity (Wildman–Crippen MR) is 224 cm³/mol. The van der Waals surface area contributed by atoms with Gasteiger partial charge in [-0.05, 0) is 74.8 Å². The highest BCUT2D eigenvalue weighted by Crippen LogP contribution is 2.20. The van der Waals surface area contributed by atoms with E-state index in [4.69, 9.17) is 11.5 Å². The van der Waals surface area contributed by atoms with E-state index in [0.717, 1.165) is 6.08 Å². The second-order valence-electron chi connectivity index (χ2n) is 15.1. The first-order valence-electron chi connectivity index (χ1n) is 20.3. The number of Topliss-reactive ketones (excluding diaryl/α,β-unsaturated/α-hetero) is 1. The Kier molecular flexibility index (Phi) is 17.3. The maximum absolute atomic E-state index is 14.3. The minimum atomic E-state index is -1.43. The van der Waals surface area contributed by atoms with Gasteiger partial charge >= 0.3 is 0 Å². The molecule has 0 aliphatic carbocycles. The Hall–Kier alpha value is -6.79. The van der Waals surface area contributed by atoms with Crippen LogP contribution >= 0.6 is 0 Å². The Morgan fingerprint density at radius 2 is 1.66 bits per heavy atom. The van der Waals surface area contributed by atoms with Crippen LogP contribution in [0.3, 0.4) is 0 Å². The lowest BCUT2D eigenvalue weighted by molar-refractivity contribution is -0.144. The van der Waals surface area contributed by atoms with Crippen molar-refractivity contribution in [1.29, 1.82) is 0 Å². The second-order valence-corrected chi connectivity index (χ2v) is 15.1. The molecule has 2 aromatic rings. The van der Waals surface area contributed by atoms with Crippen molar-refractivity contribution in [2.24, 2.45) is 22.4 Å². The highest BCUT2D eigenvalue weighted by Gasteiger charge is 2.40. The summed E-state index contributed by atoms with van der Waals surface area (Å²) < 4.78 is 0. The Bertz CT molecular complexity index is 1970. The van der Waals surface area contributed by atoms with E-state index in [1.165, 1.54) is 30.0 Å². The van der Waals surface area contributed by atoms with Gasteiger partial charge < -0.3 is 53.4 Å². The van der Waals surface area contributed by atoms with Gasteiger partial charge in [-0.1, -0.05) is 56.7 Å². The minimum absolute atomic E-state index is 0.0163. The van der Waals surface area contributed by atoms with Crippen molar-refractivity contribution in [1.82, 2.24) is 36.8 Å². The van der Waals surface area contributed by atoms with Gasteiger partial charge in [0.1, 0.15) is 29.9 Å². The van der Waals surface area contributed by atoms with Crippen LogP contribution in [0.2, 0.25) is 0 Å². The molecule has 2 aliphatic rings. The number of rotatable bonds is 12. The summed E-state index contributed by atoms with van der Waals surface area (Å²) in [6, 6.07) is 7.20. The Morgan fingerprint density at radius 3 is 2.33 bits per heavy atom. The number of ketones is 1. The van der Waals surface area contributed by atoms with E-state index in [0.29, 0.717) is 24.0 Å². The average Bonchev–Trinajstić information content (AvgIpc) is 3.74. The molecule has 0 radical (unpaired) electrons. The van der Waals surface area contributed by atoms with Crippen LogP contribution < -0.4 is 43.4 Å². The number of nitrogens with one attached hydrogen (secondary N) is 6. The summed E-state index contributed by atoms with van der Waals surface area (Å²) in [6.45, 7) is 4.67. The highest BCUT2D eigenvalue weighted by molar-refractivity contribution is 6.38. The van der Waals surface area contributed by atoms with Crippen molar-refractivity contribution in [2.75, 3.05) is 19.6 Å². The lowest BCUT2D eigenvalue weighted by Gasteiger charge is -2.30. The van der Waals surface area contributed by atoms with Gasteiger partial charge in [-0.2, -0.15) is 0 Å². The molecule has 0 saturated carbocycles. The molecule has 1 saturated heterocycles. The Balaban J connectivity index is 1.70. The number of hydrogen-bond acceptors (Lipinski definition) is 10. The van der Waals surface area contributed by atoms with Gasteiger partial charge in [0.25, 0.3) is 11.8 Å². The first kappa shape index (κ1) is 46.9. The van der Waals surface area contributed by atoms with Gasteiger partial charge in [0, 0.05) is 31.3 Å². The number of phenolic OH excluding ortho intramolecular Hbond substituents is 1. The fraction of sp³-hybridized carbons (Fsp3) is 0.452. The number of phenols is 1. The zero-order valence-corrected chi connectivity index (χ0v) is 34.5. The molecular weight excluding hydrogens is 789 g/mol. The number of hydrogen-bond donors (Lipinski definition) is 9. The van der Waals surface area contributed by atoms with Gasteiger partial charge in [-0.3, -0.25) is 43.3 Å². The first-order valence-corrected chi connectivity index (χ1v) is 20.3. The largest absolute Gasteiger partial charge is 0.508 e. The molecular formula is C42H56N10O9. The third-order valence-electron chi connectivity index (χ3n) is 10.5. The van der Waals surface area contributed by atoms with Crippen molar-refractivity contribution >= 4 is 53.1 Å². The number of amides is 7. The number of fused-ring (bicyclic) bond motifs is 1. The number of carbonyl (C=O) groups is 8. The monoisotopic (exact) mass is 844 g/mol. The van der Waals surface area contributed by atoms with Crippen LogP contribution in [0.5, 0.6) is 5.75 Å². The molecule has 2 aliphatic heterocycles. The van der Waals surface area contributed by atoms with Crippen LogP contribution in [-0.2, 0) is 40.0 Å². The summed E-state index contributed by atoms with van der Waals surface area (Å²) >= 11 is 0. The molecule has 0 bridgehead atoms. The van der Waals surface area contributed by atoms with Crippen molar-refractivity contribution in [2.45, 2.75) is 95.5 Å². The highest BCUT2D eigenvalue weighted by atomic mass is 16.3. The maximum Gasteiger partial charge on any atom is 0.290 e. The van der Waals surface area contributed by atoms with E-state index >= 15 is 0 Å². The SMILES string of the molecule is CC[C@H](C)[C@H]1NC(=O)C(=O)[C@H](CCCN=C(N)N)NC(=O)[C@@H]2CCCN2C(=O)[C@@H](NC(=O)[C@H](C)NC(=O)c2ccccc2)CNC(=O)C=C[C@H](Cc2ccc(O)cc2)NC1=O. The van der Waals surface area contributed by atoms with Crippen molar-refractivity contribution in [3.05, 3.63) is 77.9 Å². The molecule has 7 atom stereocenters. The second kappa shape index (κ2) is 22.5. The molecule has 11 N–H and O–H groups in total. The molecule has 0 aromatic heterocycles. The number of nitrogens with two attached hydrogens (primary N) is 2. The van der Waals surface area contributed by atoms with Crippen molar-refractivity contribution < 1.29 is 43.5 Å². The summed E-state index contributed by atoms with van der Waals surface area (Å²) in [7, 11) is 0. The molecule has 0 unspecified atom stereocenters. The Labute approximate surface area is 353 Å². The zero-order chi connectivity index (χ0) is 44.6. The molecule has 19 heteroatoms. The zero-order valence-electron chi connectivity index (χ0n) is 34.5. The molecule has 1 fully saturated rings. The van der Waals surface area contributed by atoms with Crippen LogP contribution in [0.4, 0.5) is 0 Å². The average molecular weight is 845 g/mol. The van der Waals surface area contributed by atoms with Gasteiger partial charge in [-0.25, -0.2) is 0 Å². The lowest BCUT2D eigenvalue weighted by atomic mass is 9.96. The standard InChI is InChI=1S/C42H56N10O9/c1-4-24(2)34-39(59)48-28(22-26-14-17-29(53)18-15-26)16-19-33(54)46-23-31(50-36(56)25(3)47-37(57)27-10-6-5-7-11-27)41(61)52-21-9-13-32(52)38(58)49-30(35(55)40(60)51-34)12-8-20-45-42(43)44/h5-7,10-11,14-19,24-25,28,30-32,34,53H,4,8-9,12-13,20-23H2,1-3H3,(H,46,54)(H,47,57)(H,48,59)(H,49,58)(H,50,56)(H,51,60)(H4,43,44,45)/t24-,25-,28+,30-,31-,32-,34+/m0/s1. The number of aliphatic imine (C=N–C) groups is 1. The third kappa shape index (κ3) is 13.9. The molecule has 19 nitrogen and oxygen atoms in total. The third-order valence-corrected chi connectivity index (χ3v) is 10.5. The van der Waals surface area contributed by atoms with Crippen LogP contribution in [0.15, 0.2) is 71.7 Å². The maximum atomic E-state index is 14.3. The predicted octanol–water partition coefficient (Wildman–Crippen LogP) is -0.962. The van der Waals surface area contributed by atoms with Crippen LogP contribution in [-0.4, -0.2) is 119 Å². The van der Waals surface area contributed by atoms with E-state index in [-0.39, 0.29) is 50.5 Å². The molecule has 61 heavy (non-hydrogen) atoms. The van der Waals surface area contributed by atoms with E-state index in [2.05, 4.69) is 36.9 Å². The summed E-state index contributed by atoms with van der Waals surface area (Å²) in [5, 5.41) is 25.7. The fourth-order valence-corrected chi connectivity index (χ4v) is 6.84. The summed E-state index contributed by atoms with van der Waals surface area (Å²) in [5.74, 6) is -6.93. The summed E-state index contributed by atoms with van der Waals surface area (Å²) in [6.07, 6.45) is 3.77. The van der Waals surface area contributed by atoms with Gasteiger partial charge in [-0.15, -0.1) is 0 Å². The van der Waals surface area contributed by atoms with E-state index in [1.807, 2.05) is 0 Å². The normalized spacial score (nSPS) is 22.7. The van der Waals surface area contributed by atoms with Crippen LogP contribution in [0.1, 0.15) is 68.8 Å². The minimum Gasteiger partial charge on any atom is -0.508 e. The number of carbonyl (C=O) groups excluding carboxylic acids is 8. The number of benzene rings is 2. The molecule has 2 aromatic carbocycles. The van der Waals surface area contributed by atoms with Crippen molar-refractivity contribution in [3.63, 3.8) is 0 Å². The van der Waals surface area contributed by atoms with Gasteiger partial charge in [0.05, 0.1) is 12.1 Å². The molecule has 328 valence electrons. The summed E-state index contributed by atoms with van der Waals surface area (Å²) in [4.78, 5) is 115. The smallest absolute Gasteiger partial charge is 0.290 e. The van der Waals surface area contributed by atoms with E-state index in [1.54, 1.807) is 56.3 Å². The molecule has 4 rings (SSSR count).